The summed E-state index contributed by atoms with van der Waals surface area (Å²) in [6.45, 7) is 4.51. The van der Waals surface area contributed by atoms with Gasteiger partial charge < -0.3 is 10.6 Å². The van der Waals surface area contributed by atoms with Gasteiger partial charge in [-0.3, -0.25) is 0 Å². The molecule has 2 nitrogen and oxygen atoms in total. The van der Waals surface area contributed by atoms with Crippen LogP contribution < -0.4 is 10.6 Å². The molecule has 2 heteroatoms. The molecule has 0 aliphatic rings. The molecule has 0 heterocycles. The molecule has 6 rings (SSSR count). The lowest BCUT2D eigenvalue weighted by Gasteiger charge is -2.33. The topological polar surface area (TPSA) is 29.3 Å². The Kier molecular flexibility index (Phi) is 6.91. The van der Waals surface area contributed by atoms with Gasteiger partial charge in [0, 0.05) is 22.6 Å². The van der Waals surface area contributed by atoms with Crippen LogP contribution in [-0.4, -0.2) is 0 Å². The lowest BCUT2D eigenvalue weighted by molar-refractivity contribution is 1.23. The quantitative estimate of drug-likeness (QED) is 0.223. The second kappa shape index (κ2) is 11.0. The van der Waals surface area contributed by atoms with Crippen molar-refractivity contribution in [3.05, 3.63) is 157 Å². The summed E-state index contributed by atoms with van der Waals surface area (Å²) < 4.78 is 0. The highest BCUT2D eigenvalue weighted by molar-refractivity contribution is 6.05. The molecule has 0 aromatic heterocycles. The number of nitrogen functional groups attached to an aromatic ring is 1. The second-order valence-corrected chi connectivity index (χ2v) is 10.1. The molecule has 0 unspecified atom stereocenters. The molecule has 0 bridgehead atoms. The number of benzene rings is 6. The Balaban J connectivity index is 1.81. The van der Waals surface area contributed by atoms with Gasteiger partial charge in [-0.2, -0.15) is 0 Å². The largest absolute Gasteiger partial charge is 0.399 e. The Morgan fingerprint density at radius 3 is 1.27 bits per heavy atom. The molecular weight excluding hydrogens is 484 g/mol. The Hall–Kier alpha value is -5.08. The van der Waals surface area contributed by atoms with Crippen molar-refractivity contribution in [1.29, 1.82) is 0 Å². The predicted molar refractivity (Wildman–Crippen MR) is 171 cm³/mol. The number of para-hydroxylation sites is 2. The van der Waals surface area contributed by atoms with Crippen molar-refractivity contribution in [3.63, 3.8) is 0 Å². The molecule has 0 spiro atoms. The third-order valence-corrected chi connectivity index (χ3v) is 7.61. The average molecular weight is 517 g/mol. The summed E-state index contributed by atoms with van der Waals surface area (Å²) in [5.41, 5.74) is 19.9. The van der Waals surface area contributed by atoms with Crippen LogP contribution in [0.3, 0.4) is 0 Å². The smallest absolute Gasteiger partial charge is 0.0578 e. The minimum atomic E-state index is 0.763. The number of rotatable bonds is 6. The zero-order valence-corrected chi connectivity index (χ0v) is 22.9. The van der Waals surface area contributed by atoms with E-state index in [1.165, 1.54) is 44.6 Å². The molecule has 0 fully saturated rings. The lowest BCUT2D eigenvalue weighted by atomic mass is 9.81. The molecular formula is C38H32N2. The Bertz CT molecular complexity index is 1690. The van der Waals surface area contributed by atoms with E-state index < -0.39 is 0 Å². The van der Waals surface area contributed by atoms with Gasteiger partial charge in [0.2, 0.25) is 0 Å². The molecule has 6 aromatic carbocycles. The minimum absolute atomic E-state index is 0.763. The molecule has 0 aliphatic heterocycles. The van der Waals surface area contributed by atoms with Crippen LogP contribution in [0.5, 0.6) is 0 Å². The first kappa shape index (κ1) is 25.2. The summed E-state index contributed by atoms with van der Waals surface area (Å²) >= 11 is 0. The van der Waals surface area contributed by atoms with Crippen LogP contribution in [0.4, 0.5) is 22.7 Å². The number of anilines is 4. The van der Waals surface area contributed by atoms with Gasteiger partial charge in [-0.15, -0.1) is 0 Å². The monoisotopic (exact) mass is 516 g/mol. The molecule has 194 valence electrons. The minimum Gasteiger partial charge on any atom is -0.399 e. The normalized spacial score (nSPS) is 10.8. The van der Waals surface area contributed by atoms with Crippen molar-refractivity contribution < 1.29 is 0 Å². The van der Waals surface area contributed by atoms with Gasteiger partial charge >= 0.3 is 0 Å². The van der Waals surface area contributed by atoms with E-state index in [2.05, 4.69) is 152 Å². The van der Waals surface area contributed by atoms with E-state index in [1.807, 2.05) is 12.1 Å². The number of nitrogens with zero attached hydrogens (tertiary/aromatic N) is 1. The predicted octanol–water partition coefficient (Wildman–Crippen LogP) is 10.4. The van der Waals surface area contributed by atoms with Gasteiger partial charge in [-0.05, 0) is 89.2 Å². The van der Waals surface area contributed by atoms with Crippen LogP contribution in [0.1, 0.15) is 11.1 Å². The molecule has 0 radical (unpaired) electrons. The van der Waals surface area contributed by atoms with Gasteiger partial charge in [-0.25, -0.2) is 0 Å². The van der Waals surface area contributed by atoms with Gasteiger partial charge in [0.1, 0.15) is 0 Å². The molecule has 2 N–H and O–H groups in total. The summed E-state index contributed by atoms with van der Waals surface area (Å²) in [6.07, 6.45) is 0. The van der Waals surface area contributed by atoms with Crippen molar-refractivity contribution in [2.45, 2.75) is 13.8 Å². The summed E-state index contributed by atoms with van der Waals surface area (Å²) in [5, 5.41) is 0. The van der Waals surface area contributed by atoms with Crippen molar-refractivity contribution in [2.24, 2.45) is 0 Å². The molecule has 40 heavy (non-hydrogen) atoms. The van der Waals surface area contributed by atoms with Crippen LogP contribution in [0, 0.1) is 13.8 Å². The third kappa shape index (κ3) is 4.65. The zero-order chi connectivity index (χ0) is 27.5. The molecule has 0 saturated carbocycles. The molecule has 0 atom stereocenters. The Morgan fingerprint density at radius 1 is 0.400 bits per heavy atom. The van der Waals surface area contributed by atoms with E-state index in [-0.39, 0.29) is 0 Å². The fraction of sp³-hybridized carbons (Fsp3) is 0.0526. The van der Waals surface area contributed by atoms with E-state index in [9.17, 15) is 0 Å². The highest BCUT2D eigenvalue weighted by atomic mass is 15.1. The fourth-order valence-electron chi connectivity index (χ4n) is 5.61. The van der Waals surface area contributed by atoms with Gasteiger partial charge in [0.15, 0.2) is 0 Å². The maximum Gasteiger partial charge on any atom is 0.0578 e. The van der Waals surface area contributed by atoms with Crippen LogP contribution >= 0.6 is 0 Å². The summed E-state index contributed by atoms with van der Waals surface area (Å²) in [7, 11) is 0. The first-order valence-corrected chi connectivity index (χ1v) is 13.7. The van der Waals surface area contributed by atoms with Crippen LogP contribution in [0.25, 0.3) is 33.4 Å². The number of nitrogens with two attached hydrogens (primary N) is 1. The van der Waals surface area contributed by atoms with Gasteiger partial charge in [0.05, 0.1) is 5.69 Å². The number of hydrogen-bond acceptors (Lipinski definition) is 2. The van der Waals surface area contributed by atoms with E-state index in [4.69, 9.17) is 5.73 Å². The maximum absolute atomic E-state index is 6.13. The van der Waals surface area contributed by atoms with Crippen LogP contribution in [0.15, 0.2) is 146 Å². The average Bonchev–Trinajstić information content (AvgIpc) is 3.02. The third-order valence-electron chi connectivity index (χ3n) is 7.61. The van der Waals surface area contributed by atoms with E-state index in [1.54, 1.807) is 0 Å². The fourth-order valence-corrected chi connectivity index (χ4v) is 5.61. The van der Waals surface area contributed by atoms with Crippen LogP contribution in [0.2, 0.25) is 0 Å². The highest BCUT2D eigenvalue weighted by Gasteiger charge is 2.27. The first-order valence-electron chi connectivity index (χ1n) is 13.7. The maximum atomic E-state index is 6.13. The van der Waals surface area contributed by atoms with E-state index in [0.717, 1.165) is 22.6 Å². The molecule has 0 aliphatic carbocycles. The Morgan fingerprint density at radius 2 is 0.800 bits per heavy atom. The lowest BCUT2D eigenvalue weighted by Crippen LogP contribution is -2.14. The van der Waals surface area contributed by atoms with Crippen molar-refractivity contribution >= 4 is 22.7 Å². The van der Waals surface area contributed by atoms with Crippen molar-refractivity contribution in [1.82, 2.24) is 0 Å². The van der Waals surface area contributed by atoms with Gasteiger partial charge in [0.25, 0.3) is 0 Å². The standard InChI is InChI=1S/C38H32N2/c1-27-28(2)38(40(33-19-11-5-12-20-33)34-21-13-6-14-22-34)37(30-17-9-4-10-18-30)36(29-15-7-3-8-16-29)35(27)31-23-25-32(39)26-24-31/h3-26H,39H2,1-2H3. The summed E-state index contributed by atoms with van der Waals surface area (Å²) in [5.74, 6) is 0. The second-order valence-electron chi connectivity index (χ2n) is 10.1. The Labute approximate surface area is 237 Å². The van der Waals surface area contributed by atoms with Crippen molar-refractivity contribution in [2.75, 3.05) is 10.6 Å². The summed E-state index contributed by atoms with van der Waals surface area (Å²) in [6, 6.07) is 51.1. The molecule has 0 saturated heterocycles. The van der Waals surface area contributed by atoms with E-state index >= 15 is 0 Å². The van der Waals surface area contributed by atoms with Crippen LogP contribution in [-0.2, 0) is 0 Å². The van der Waals surface area contributed by atoms with Crippen molar-refractivity contribution in [3.8, 4) is 33.4 Å². The molecule has 6 aromatic rings. The van der Waals surface area contributed by atoms with E-state index in [0.29, 0.717) is 0 Å². The SMILES string of the molecule is Cc1c(C)c(N(c2ccccc2)c2ccccc2)c(-c2ccccc2)c(-c2ccccc2)c1-c1ccc(N)cc1. The first-order chi connectivity index (χ1) is 19.6. The number of hydrogen-bond donors (Lipinski definition) is 1. The zero-order valence-electron chi connectivity index (χ0n) is 22.9. The molecule has 0 amide bonds. The van der Waals surface area contributed by atoms with Gasteiger partial charge in [-0.1, -0.05) is 109 Å². The highest BCUT2D eigenvalue weighted by Crippen LogP contribution is 2.52. The summed E-state index contributed by atoms with van der Waals surface area (Å²) in [4.78, 5) is 2.41.